The summed E-state index contributed by atoms with van der Waals surface area (Å²) in [6, 6.07) is 19.6. The number of nitrogens with one attached hydrogen (secondary N) is 1. The van der Waals surface area contributed by atoms with E-state index in [-0.39, 0.29) is 17.3 Å². The van der Waals surface area contributed by atoms with E-state index < -0.39 is 10.0 Å². The monoisotopic (exact) mass is 392 g/mol. The maximum atomic E-state index is 13.0. The highest BCUT2D eigenvalue weighted by Crippen LogP contribution is 2.25. The van der Waals surface area contributed by atoms with Crippen molar-refractivity contribution in [2.75, 3.05) is 18.4 Å². The van der Waals surface area contributed by atoms with Gasteiger partial charge < -0.3 is 5.32 Å². The lowest BCUT2D eigenvalue weighted by Crippen LogP contribution is -2.28. The Labute approximate surface area is 159 Å². The number of hydrogen-bond acceptors (Lipinski definition) is 4. The molecule has 0 bridgehead atoms. The first-order valence-corrected chi connectivity index (χ1v) is 9.31. The first kappa shape index (κ1) is 20.0. The van der Waals surface area contributed by atoms with Gasteiger partial charge in [-0.3, -0.25) is 4.31 Å². The van der Waals surface area contributed by atoms with Crippen LogP contribution in [0, 0.1) is 0 Å². The normalized spacial score (nSPS) is 11.0. The second kappa shape index (κ2) is 8.35. The van der Waals surface area contributed by atoms with Crippen LogP contribution in [0.5, 0.6) is 0 Å². The predicted molar refractivity (Wildman–Crippen MR) is 106 cm³/mol. The minimum atomic E-state index is -3.67. The molecule has 1 N–H and O–H groups in total. The number of aromatic nitrogens is 2. The van der Waals surface area contributed by atoms with Crippen LogP contribution in [0.4, 0.5) is 5.82 Å². The van der Waals surface area contributed by atoms with Crippen LogP contribution in [0.25, 0.3) is 5.69 Å². The van der Waals surface area contributed by atoms with Crippen molar-refractivity contribution in [2.24, 2.45) is 0 Å². The maximum Gasteiger partial charge on any atom is 0.265 e. The van der Waals surface area contributed by atoms with Gasteiger partial charge in [0.05, 0.1) is 16.3 Å². The van der Waals surface area contributed by atoms with E-state index in [1.807, 2.05) is 37.4 Å². The van der Waals surface area contributed by atoms with Gasteiger partial charge in [0.25, 0.3) is 10.0 Å². The smallest absolute Gasteiger partial charge is 0.265 e. The third kappa shape index (κ3) is 3.90. The standard InChI is InChI=1S/C18H20N4O2S.ClH/c1-19-14-15-13-18(22(20-15)16-9-5-3-6-10-16)21(2)25(23,24)17-11-7-4-8-12-17;/h3-13,19H,14H2,1-2H3;1H. The van der Waals surface area contributed by atoms with Crippen molar-refractivity contribution in [3.05, 3.63) is 72.4 Å². The first-order chi connectivity index (χ1) is 12.0. The van der Waals surface area contributed by atoms with Crippen molar-refractivity contribution in [3.8, 4) is 5.69 Å². The molecule has 0 saturated carbocycles. The minimum absolute atomic E-state index is 0. The lowest BCUT2D eigenvalue weighted by molar-refractivity contribution is 0.593. The average Bonchev–Trinajstić information content (AvgIpc) is 3.06. The molecule has 26 heavy (non-hydrogen) atoms. The van der Waals surface area contributed by atoms with Crippen LogP contribution in [0.3, 0.4) is 0 Å². The molecule has 0 unspecified atom stereocenters. The number of nitrogens with zero attached hydrogens (tertiary/aromatic N) is 3. The Morgan fingerprint density at radius 2 is 1.62 bits per heavy atom. The Hall–Kier alpha value is -2.35. The molecular weight excluding hydrogens is 372 g/mol. The molecule has 3 aromatic rings. The van der Waals surface area contributed by atoms with Gasteiger partial charge in [0, 0.05) is 19.7 Å². The van der Waals surface area contributed by atoms with E-state index >= 15 is 0 Å². The molecule has 0 aliphatic rings. The van der Waals surface area contributed by atoms with E-state index in [2.05, 4.69) is 10.4 Å². The Kier molecular flexibility index (Phi) is 6.42. The Balaban J connectivity index is 0.00000243. The van der Waals surface area contributed by atoms with Crippen LogP contribution < -0.4 is 9.62 Å². The van der Waals surface area contributed by atoms with E-state index in [9.17, 15) is 8.42 Å². The molecular formula is C18H21ClN4O2S. The molecule has 0 radical (unpaired) electrons. The third-order valence-electron chi connectivity index (χ3n) is 3.82. The third-order valence-corrected chi connectivity index (χ3v) is 5.60. The average molecular weight is 393 g/mol. The number of rotatable bonds is 6. The summed E-state index contributed by atoms with van der Waals surface area (Å²) in [5.41, 5.74) is 1.56. The largest absolute Gasteiger partial charge is 0.314 e. The van der Waals surface area contributed by atoms with Crippen molar-refractivity contribution in [3.63, 3.8) is 0 Å². The van der Waals surface area contributed by atoms with Gasteiger partial charge in [-0.15, -0.1) is 12.4 Å². The topological polar surface area (TPSA) is 67.2 Å². The van der Waals surface area contributed by atoms with Crippen LogP contribution in [0.2, 0.25) is 0 Å². The van der Waals surface area contributed by atoms with E-state index in [0.717, 1.165) is 11.4 Å². The summed E-state index contributed by atoms with van der Waals surface area (Å²) >= 11 is 0. The molecule has 0 saturated heterocycles. The van der Waals surface area contributed by atoms with Gasteiger partial charge in [0.15, 0.2) is 0 Å². The number of benzene rings is 2. The maximum absolute atomic E-state index is 13.0. The van der Waals surface area contributed by atoms with Crippen molar-refractivity contribution in [2.45, 2.75) is 11.4 Å². The zero-order valence-electron chi connectivity index (χ0n) is 14.5. The summed E-state index contributed by atoms with van der Waals surface area (Å²) in [7, 11) is -0.303. The van der Waals surface area contributed by atoms with Crippen molar-refractivity contribution in [1.29, 1.82) is 0 Å². The van der Waals surface area contributed by atoms with Crippen molar-refractivity contribution in [1.82, 2.24) is 15.1 Å². The molecule has 1 aromatic heterocycles. The number of anilines is 1. The van der Waals surface area contributed by atoms with Crippen LogP contribution in [-0.2, 0) is 16.6 Å². The molecule has 0 aliphatic carbocycles. The molecule has 0 aliphatic heterocycles. The molecule has 6 nitrogen and oxygen atoms in total. The van der Waals surface area contributed by atoms with Gasteiger partial charge in [-0.05, 0) is 31.3 Å². The van der Waals surface area contributed by atoms with E-state index in [4.69, 9.17) is 0 Å². The van der Waals surface area contributed by atoms with Crippen LogP contribution in [0.1, 0.15) is 5.69 Å². The zero-order valence-corrected chi connectivity index (χ0v) is 16.2. The molecule has 3 rings (SSSR count). The second-order valence-corrected chi connectivity index (χ2v) is 7.53. The zero-order chi connectivity index (χ0) is 17.9. The van der Waals surface area contributed by atoms with E-state index in [1.165, 1.54) is 4.31 Å². The molecule has 1 heterocycles. The lowest BCUT2D eigenvalue weighted by atomic mass is 10.3. The summed E-state index contributed by atoms with van der Waals surface area (Å²) in [5.74, 6) is 0.486. The number of para-hydroxylation sites is 1. The summed E-state index contributed by atoms with van der Waals surface area (Å²) in [6.07, 6.45) is 0. The Bertz CT molecular complexity index is 944. The lowest BCUT2D eigenvalue weighted by Gasteiger charge is -2.20. The predicted octanol–water partition coefficient (Wildman–Crippen LogP) is 2.84. The van der Waals surface area contributed by atoms with Gasteiger partial charge in [0.1, 0.15) is 5.82 Å². The highest BCUT2D eigenvalue weighted by molar-refractivity contribution is 7.92. The van der Waals surface area contributed by atoms with E-state index in [1.54, 1.807) is 48.1 Å². The van der Waals surface area contributed by atoms with Crippen LogP contribution in [0.15, 0.2) is 71.6 Å². The summed E-state index contributed by atoms with van der Waals surface area (Å²) in [6.45, 7) is 0.548. The fourth-order valence-corrected chi connectivity index (χ4v) is 3.74. The first-order valence-electron chi connectivity index (χ1n) is 7.87. The number of hydrogen-bond donors (Lipinski definition) is 1. The molecule has 0 spiro atoms. The van der Waals surface area contributed by atoms with Crippen LogP contribution >= 0.6 is 12.4 Å². The fraction of sp³-hybridized carbons (Fsp3) is 0.167. The SMILES string of the molecule is CNCc1cc(N(C)S(=O)(=O)c2ccccc2)n(-c2ccccc2)n1.Cl. The number of halogens is 1. The summed E-state index contributed by atoms with van der Waals surface area (Å²) in [4.78, 5) is 0.244. The molecule has 0 fully saturated rings. The van der Waals surface area contributed by atoms with Crippen molar-refractivity contribution >= 4 is 28.2 Å². The van der Waals surface area contributed by atoms with Gasteiger partial charge >= 0.3 is 0 Å². The molecule has 2 aromatic carbocycles. The highest BCUT2D eigenvalue weighted by atomic mass is 35.5. The van der Waals surface area contributed by atoms with Gasteiger partial charge in [0.2, 0.25) is 0 Å². The molecule has 0 amide bonds. The van der Waals surface area contributed by atoms with Gasteiger partial charge in [-0.25, -0.2) is 13.1 Å². The van der Waals surface area contributed by atoms with Gasteiger partial charge in [-0.1, -0.05) is 36.4 Å². The second-order valence-electron chi connectivity index (χ2n) is 5.56. The van der Waals surface area contributed by atoms with Gasteiger partial charge in [-0.2, -0.15) is 5.10 Å². The molecule has 138 valence electrons. The minimum Gasteiger partial charge on any atom is -0.314 e. The Morgan fingerprint density at radius 1 is 1.04 bits per heavy atom. The fourth-order valence-electron chi connectivity index (χ4n) is 2.54. The molecule has 8 heteroatoms. The number of sulfonamides is 1. The Morgan fingerprint density at radius 3 is 2.19 bits per heavy atom. The summed E-state index contributed by atoms with van der Waals surface area (Å²) in [5, 5.41) is 7.59. The van der Waals surface area contributed by atoms with Crippen LogP contribution in [-0.4, -0.2) is 32.3 Å². The quantitative estimate of drug-likeness (QED) is 0.700. The van der Waals surface area contributed by atoms with Crippen molar-refractivity contribution < 1.29 is 8.42 Å². The summed E-state index contributed by atoms with van der Waals surface area (Å²) < 4.78 is 28.8. The molecule has 0 atom stereocenters. The van der Waals surface area contributed by atoms with E-state index in [0.29, 0.717) is 12.4 Å². The highest BCUT2D eigenvalue weighted by Gasteiger charge is 2.25.